The number of ether oxygens (including phenoxy) is 1. The number of fused-ring (bicyclic) bond motifs is 1. The SMILES string of the molecule is CCCC(C)N1CC2(CCN(C(=O)c3ccc4n[nH]nc4c3)CC2)OC1=O. The maximum atomic E-state index is 12.8. The van der Waals surface area contributed by atoms with Gasteiger partial charge < -0.3 is 14.5 Å². The van der Waals surface area contributed by atoms with Gasteiger partial charge in [0.25, 0.3) is 5.91 Å². The molecule has 2 fully saturated rings. The van der Waals surface area contributed by atoms with Crippen molar-refractivity contribution in [3.8, 4) is 0 Å². The first-order chi connectivity index (χ1) is 13.0. The van der Waals surface area contributed by atoms with E-state index in [1.807, 2.05) is 9.80 Å². The maximum absolute atomic E-state index is 12.8. The highest BCUT2D eigenvalue weighted by atomic mass is 16.6. The Morgan fingerprint density at radius 1 is 1.30 bits per heavy atom. The molecule has 0 aliphatic carbocycles. The number of benzene rings is 1. The number of amides is 2. The first kappa shape index (κ1) is 17.8. The quantitative estimate of drug-likeness (QED) is 0.892. The molecule has 27 heavy (non-hydrogen) atoms. The van der Waals surface area contributed by atoms with Crippen molar-refractivity contribution in [2.45, 2.75) is 51.2 Å². The van der Waals surface area contributed by atoms with Crippen LogP contribution >= 0.6 is 0 Å². The molecule has 1 aromatic heterocycles. The van der Waals surface area contributed by atoms with Crippen molar-refractivity contribution in [3.05, 3.63) is 23.8 Å². The molecular formula is C19H25N5O3. The standard InChI is InChI=1S/C19H25N5O3/c1-3-4-13(2)24-12-19(27-18(24)26)7-9-23(10-8-19)17(25)14-5-6-15-16(11-14)21-22-20-15/h5-6,11,13H,3-4,7-10,12H2,1-2H3,(H,20,21,22). The second-order valence-corrected chi connectivity index (χ2v) is 7.64. The van der Waals surface area contributed by atoms with Crippen molar-refractivity contribution in [3.63, 3.8) is 0 Å². The van der Waals surface area contributed by atoms with Crippen LogP contribution in [0.2, 0.25) is 0 Å². The minimum absolute atomic E-state index is 0.0183. The zero-order valence-corrected chi connectivity index (χ0v) is 15.8. The predicted octanol–water partition coefficient (Wildman–Crippen LogP) is 2.57. The Labute approximate surface area is 157 Å². The molecular weight excluding hydrogens is 346 g/mol. The number of hydrogen-bond donors (Lipinski definition) is 1. The van der Waals surface area contributed by atoms with Crippen LogP contribution in [0.25, 0.3) is 11.0 Å². The Balaban J connectivity index is 1.41. The van der Waals surface area contributed by atoms with Crippen molar-refractivity contribution < 1.29 is 14.3 Å². The van der Waals surface area contributed by atoms with E-state index in [1.54, 1.807) is 18.2 Å². The van der Waals surface area contributed by atoms with Crippen LogP contribution in [0.15, 0.2) is 18.2 Å². The van der Waals surface area contributed by atoms with Crippen LogP contribution in [0.4, 0.5) is 4.79 Å². The number of aromatic amines is 1. The third-order valence-electron chi connectivity index (χ3n) is 5.76. The van der Waals surface area contributed by atoms with Gasteiger partial charge in [-0.1, -0.05) is 13.3 Å². The fourth-order valence-electron chi connectivity index (χ4n) is 4.09. The number of nitrogens with zero attached hydrogens (tertiary/aromatic N) is 4. The van der Waals surface area contributed by atoms with Gasteiger partial charge in [0, 0.05) is 37.5 Å². The lowest BCUT2D eigenvalue weighted by atomic mass is 9.90. The summed E-state index contributed by atoms with van der Waals surface area (Å²) in [6.45, 7) is 5.98. The molecule has 1 unspecified atom stereocenters. The average Bonchev–Trinajstić information content (AvgIpc) is 3.26. The van der Waals surface area contributed by atoms with E-state index in [9.17, 15) is 9.59 Å². The Bertz CT molecular complexity index is 856. The Kier molecular flexibility index (Phi) is 4.49. The molecule has 2 amide bonds. The van der Waals surface area contributed by atoms with Gasteiger partial charge >= 0.3 is 6.09 Å². The predicted molar refractivity (Wildman–Crippen MR) is 99.3 cm³/mol. The molecule has 0 saturated carbocycles. The van der Waals surface area contributed by atoms with Crippen molar-refractivity contribution in [1.29, 1.82) is 0 Å². The number of carbonyl (C=O) groups excluding carboxylic acids is 2. The highest BCUT2D eigenvalue weighted by Crippen LogP contribution is 2.35. The highest BCUT2D eigenvalue weighted by molar-refractivity contribution is 5.97. The summed E-state index contributed by atoms with van der Waals surface area (Å²) in [6.07, 6.45) is 3.14. The van der Waals surface area contributed by atoms with E-state index >= 15 is 0 Å². The van der Waals surface area contributed by atoms with Crippen LogP contribution in [0.5, 0.6) is 0 Å². The lowest BCUT2D eigenvalue weighted by Crippen LogP contribution is -2.49. The Morgan fingerprint density at radius 3 is 2.78 bits per heavy atom. The third-order valence-corrected chi connectivity index (χ3v) is 5.76. The van der Waals surface area contributed by atoms with Crippen molar-refractivity contribution in [2.24, 2.45) is 0 Å². The minimum Gasteiger partial charge on any atom is -0.441 e. The van der Waals surface area contributed by atoms with Crippen molar-refractivity contribution in [2.75, 3.05) is 19.6 Å². The number of aromatic nitrogens is 3. The molecule has 144 valence electrons. The van der Waals surface area contributed by atoms with Gasteiger partial charge in [-0.3, -0.25) is 4.79 Å². The van der Waals surface area contributed by atoms with E-state index in [4.69, 9.17) is 4.74 Å². The summed E-state index contributed by atoms with van der Waals surface area (Å²) in [4.78, 5) is 28.8. The Hall–Kier alpha value is -2.64. The number of nitrogens with one attached hydrogen (secondary N) is 1. The molecule has 0 bridgehead atoms. The number of H-pyrrole nitrogens is 1. The molecule has 2 aliphatic rings. The van der Waals surface area contributed by atoms with Gasteiger partial charge in [-0.2, -0.15) is 15.4 Å². The van der Waals surface area contributed by atoms with Crippen molar-refractivity contribution in [1.82, 2.24) is 25.2 Å². The highest BCUT2D eigenvalue weighted by Gasteiger charge is 2.48. The largest absolute Gasteiger partial charge is 0.441 e. The molecule has 1 N–H and O–H groups in total. The number of piperidine rings is 1. The molecule has 2 saturated heterocycles. The second kappa shape index (κ2) is 6.83. The zero-order chi connectivity index (χ0) is 19.0. The zero-order valence-electron chi connectivity index (χ0n) is 15.8. The average molecular weight is 371 g/mol. The fraction of sp³-hybridized carbons (Fsp3) is 0.579. The molecule has 2 aromatic rings. The normalized spacial score (nSPS) is 20.3. The number of hydrogen-bond acceptors (Lipinski definition) is 5. The van der Waals surface area contributed by atoms with Crippen molar-refractivity contribution >= 4 is 23.0 Å². The van der Waals surface area contributed by atoms with Crippen LogP contribution in [0, 0.1) is 0 Å². The number of rotatable bonds is 4. The van der Waals surface area contributed by atoms with Crippen LogP contribution in [0.1, 0.15) is 49.9 Å². The van der Waals surface area contributed by atoms with Crippen LogP contribution in [-0.2, 0) is 4.74 Å². The van der Waals surface area contributed by atoms with Crippen LogP contribution < -0.4 is 0 Å². The lowest BCUT2D eigenvalue weighted by Gasteiger charge is -2.37. The summed E-state index contributed by atoms with van der Waals surface area (Å²) < 4.78 is 5.78. The molecule has 4 rings (SSSR count). The summed E-state index contributed by atoms with van der Waals surface area (Å²) in [5.41, 5.74) is 1.57. The molecule has 2 aliphatic heterocycles. The molecule has 1 aromatic carbocycles. The molecule has 1 atom stereocenters. The van der Waals surface area contributed by atoms with Crippen LogP contribution in [0.3, 0.4) is 0 Å². The van der Waals surface area contributed by atoms with E-state index in [2.05, 4.69) is 29.3 Å². The monoisotopic (exact) mass is 371 g/mol. The van der Waals surface area contributed by atoms with E-state index < -0.39 is 5.60 Å². The minimum atomic E-state index is -0.452. The van der Waals surface area contributed by atoms with Gasteiger partial charge in [-0.25, -0.2) is 4.79 Å². The topological polar surface area (TPSA) is 91.4 Å². The van der Waals surface area contributed by atoms with E-state index in [1.165, 1.54) is 0 Å². The van der Waals surface area contributed by atoms with E-state index in [0.717, 1.165) is 18.4 Å². The summed E-state index contributed by atoms with van der Waals surface area (Å²) in [6, 6.07) is 5.52. The third kappa shape index (κ3) is 3.24. The fourth-order valence-corrected chi connectivity index (χ4v) is 4.09. The molecule has 1 spiro atoms. The maximum Gasteiger partial charge on any atom is 0.410 e. The summed E-state index contributed by atoms with van der Waals surface area (Å²) >= 11 is 0. The van der Waals surface area contributed by atoms with Crippen LogP contribution in [-0.4, -0.2) is 68.5 Å². The van der Waals surface area contributed by atoms with Gasteiger partial charge in [0.2, 0.25) is 0 Å². The molecule has 8 nitrogen and oxygen atoms in total. The van der Waals surface area contributed by atoms with Gasteiger partial charge in [-0.15, -0.1) is 0 Å². The first-order valence-electron chi connectivity index (χ1n) is 9.61. The van der Waals surface area contributed by atoms with Gasteiger partial charge in [0.15, 0.2) is 0 Å². The Morgan fingerprint density at radius 2 is 2.04 bits per heavy atom. The lowest BCUT2D eigenvalue weighted by molar-refractivity contribution is 0.00307. The first-order valence-corrected chi connectivity index (χ1v) is 9.61. The summed E-state index contributed by atoms with van der Waals surface area (Å²) in [5, 5.41) is 10.6. The number of likely N-dealkylation sites (tertiary alicyclic amines) is 1. The molecule has 3 heterocycles. The van der Waals surface area contributed by atoms with E-state index in [-0.39, 0.29) is 18.0 Å². The van der Waals surface area contributed by atoms with Gasteiger partial charge in [0.05, 0.1) is 6.54 Å². The summed E-state index contributed by atoms with van der Waals surface area (Å²) in [7, 11) is 0. The van der Waals surface area contributed by atoms with Gasteiger partial charge in [0.1, 0.15) is 16.6 Å². The van der Waals surface area contributed by atoms with E-state index in [0.29, 0.717) is 43.6 Å². The molecule has 0 radical (unpaired) electrons. The van der Waals surface area contributed by atoms with Gasteiger partial charge in [-0.05, 0) is 31.5 Å². The summed E-state index contributed by atoms with van der Waals surface area (Å²) in [5.74, 6) is -0.0183. The number of carbonyl (C=O) groups is 2. The molecule has 8 heteroatoms. The second-order valence-electron chi connectivity index (χ2n) is 7.64. The smallest absolute Gasteiger partial charge is 0.410 e.